The Hall–Kier alpha value is -0.930. The lowest BCUT2D eigenvalue weighted by Crippen LogP contribution is -2.45. The first-order valence-corrected chi connectivity index (χ1v) is 7.84. The van der Waals surface area contributed by atoms with Crippen molar-refractivity contribution in [1.82, 2.24) is 5.32 Å². The maximum atomic E-state index is 12.9. The zero-order valence-corrected chi connectivity index (χ0v) is 13.6. The molecule has 0 heterocycles. The minimum absolute atomic E-state index is 0.269. The lowest BCUT2D eigenvalue weighted by molar-refractivity contribution is 0.0760. The second-order valence-electron chi connectivity index (χ2n) is 8.09. The molecule has 21 heavy (non-hydrogen) atoms. The van der Waals surface area contributed by atoms with E-state index < -0.39 is 6.10 Å². The zero-order chi connectivity index (χ0) is 15.7. The van der Waals surface area contributed by atoms with Gasteiger partial charge in [0.1, 0.15) is 5.82 Å². The molecule has 118 valence electrons. The molecule has 1 saturated carbocycles. The molecule has 0 aromatic heterocycles. The van der Waals surface area contributed by atoms with E-state index in [-0.39, 0.29) is 5.82 Å². The van der Waals surface area contributed by atoms with Crippen molar-refractivity contribution in [1.29, 1.82) is 0 Å². The molecule has 1 atom stereocenters. The van der Waals surface area contributed by atoms with E-state index >= 15 is 0 Å². The molecule has 0 aliphatic heterocycles. The average Bonchev–Trinajstić information content (AvgIpc) is 2.33. The number of hydrogen-bond acceptors (Lipinski definition) is 2. The molecule has 1 fully saturated rings. The van der Waals surface area contributed by atoms with Gasteiger partial charge in [-0.2, -0.15) is 0 Å². The molecule has 2 nitrogen and oxygen atoms in total. The first kappa shape index (κ1) is 16.4. The van der Waals surface area contributed by atoms with Crippen LogP contribution in [0, 0.1) is 16.6 Å². The molecule has 1 aromatic carbocycles. The molecule has 1 aromatic rings. The predicted molar refractivity (Wildman–Crippen MR) is 84.6 cm³/mol. The van der Waals surface area contributed by atoms with Crippen LogP contribution in [0.2, 0.25) is 0 Å². The second kappa shape index (κ2) is 6.05. The normalized spacial score (nSPS) is 23.0. The topological polar surface area (TPSA) is 32.3 Å². The highest BCUT2D eigenvalue weighted by atomic mass is 19.1. The highest BCUT2D eigenvalue weighted by Crippen LogP contribution is 2.45. The van der Waals surface area contributed by atoms with Crippen LogP contribution in [0.4, 0.5) is 4.39 Å². The van der Waals surface area contributed by atoms with Crippen LogP contribution in [0.1, 0.15) is 58.6 Å². The summed E-state index contributed by atoms with van der Waals surface area (Å²) in [6.45, 7) is 9.79. The van der Waals surface area contributed by atoms with Crippen LogP contribution in [-0.4, -0.2) is 17.7 Å². The fourth-order valence-corrected chi connectivity index (χ4v) is 4.07. The third-order valence-electron chi connectivity index (χ3n) is 4.41. The molecule has 2 N–H and O–H groups in total. The van der Waals surface area contributed by atoms with Crippen LogP contribution in [0.3, 0.4) is 0 Å². The minimum atomic E-state index is -0.584. The van der Waals surface area contributed by atoms with E-state index in [1.807, 2.05) is 0 Å². The van der Waals surface area contributed by atoms with Gasteiger partial charge in [-0.3, -0.25) is 0 Å². The van der Waals surface area contributed by atoms with Crippen molar-refractivity contribution < 1.29 is 9.50 Å². The summed E-state index contributed by atoms with van der Waals surface area (Å²) in [5.74, 6) is -0.269. The molecule has 0 bridgehead atoms. The summed E-state index contributed by atoms with van der Waals surface area (Å²) >= 11 is 0. The van der Waals surface area contributed by atoms with Crippen LogP contribution in [-0.2, 0) is 0 Å². The summed E-state index contributed by atoms with van der Waals surface area (Å²) in [5, 5.41) is 13.7. The van der Waals surface area contributed by atoms with Crippen molar-refractivity contribution in [2.24, 2.45) is 10.8 Å². The van der Waals surface area contributed by atoms with Gasteiger partial charge in [-0.15, -0.1) is 0 Å². The molecular weight excluding hydrogens is 265 g/mol. The van der Waals surface area contributed by atoms with E-state index in [0.29, 0.717) is 23.4 Å². The van der Waals surface area contributed by atoms with Gasteiger partial charge in [0.15, 0.2) is 0 Å². The highest BCUT2D eigenvalue weighted by Gasteiger charge is 2.38. The van der Waals surface area contributed by atoms with E-state index in [2.05, 4.69) is 33.0 Å². The van der Waals surface area contributed by atoms with Gasteiger partial charge in [-0.05, 0) is 47.8 Å². The van der Waals surface area contributed by atoms with Gasteiger partial charge in [0.25, 0.3) is 0 Å². The molecule has 0 saturated heterocycles. The van der Waals surface area contributed by atoms with Gasteiger partial charge in [0.05, 0.1) is 6.10 Å². The third-order valence-corrected chi connectivity index (χ3v) is 4.41. The van der Waals surface area contributed by atoms with Gasteiger partial charge in [-0.1, -0.05) is 39.8 Å². The van der Waals surface area contributed by atoms with Gasteiger partial charge in [0, 0.05) is 12.6 Å². The van der Waals surface area contributed by atoms with Gasteiger partial charge in [0.2, 0.25) is 0 Å². The largest absolute Gasteiger partial charge is 0.387 e. The Bertz CT molecular complexity index is 451. The van der Waals surface area contributed by atoms with Crippen LogP contribution in [0.15, 0.2) is 24.3 Å². The van der Waals surface area contributed by atoms with Gasteiger partial charge in [-0.25, -0.2) is 4.39 Å². The Morgan fingerprint density at radius 1 is 1.14 bits per heavy atom. The van der Waals surface area contributed by atoms with Crippen LogP contribution >= 0.6 is 0 Å². The molecule has 1 aliphatic rings. The quantitative estimate of drug-likeness (QED) is 0.877. The standard InChI is InChI=1S/C18H28FNO/c1-17(2)9-15(10-18(3,4)12-17)20-11-16(21)13-5-7-14(19)8-6-13/h5-8,15-16,20-21H,9-12H2,1-4H3. The molecule has 1 aliphatic carbocycles. The summed E-state index contributed by atoms with van der Waals surface area (Å²) in [7, 11) is 0. The number of halogens is 1. The van der Waals surface area contributed by atoms with Gasteiger partial charge >= 0.3 is 0 Å². The number of aliphatic hydroxyl groups is 1. The minimum Gasteiger partial charge on any atom is -0.387 e. The van der Waals surface area contributed by atoms with Crippen molar-refractivity contribution in [2.75, 3.05) is 6.54 Å². The number of aliphatic hydroxyl groups excluding tert-OH is 1. The number of benzene rings is 1. The monoisotopic (exact) mass is 293 g/mol. The average molecular weight is 293 g/mol. The maximum absolute atomic E-state index is 12.9. The Morgan fingerprint density at radius 3 is 2.19 bits per heavy atom. The lowest BCUT2D eigenvalue weighted by atomic mass is 9.63. The summed E-state index contributed by atoms with van der Waals surface area (Å²) < 4.78 is 12.9. The number of hydrogen-bond donors (Lipinski definition) is 2. The maximum Gasteiger partial charge on any atom is 0.123 e. The highest BCUT2D eigenvalue weighted by molar-refractivity contribution is 5.18. The third kappa shape index (κ3) is 4.79. The van der Waals surface area contributed by atoms with E-state index in [1.165, 1.54) is 18.6 Å². The molecule has 3 heteroatoms. The van der Waals surface area contributed by atoms with Gasteiger partial charge < -0.3 is 10.4 Å². The molecule has 1 unspecified atom stereocenters. The summed E-state index contributed by atoms with van der Waals surface area (Å²) in [5.41, 5.74) is 1.43. The Morgan fingerprint density at radius 2 is 1.67 bits per heavy atom. The Kier molecular flexibility index (Phi) is 4.74. The Balaban J connectivity index is 1.91. The van der Waals surface area contributed by atoms with Crippen molar-refractivity contribution in [3.63, 3.8) is 0 Å². The summed E-state index contributed by atoms with van der Waals surface area (Å²) in [6.07, 6.45) is 2.91. The number of nitrogens with one attached hydrogen (secondary N) is 1. The molecule has 0 amide bonds. The van der Waals surface area contributed by atoms with Crippen molar-refractivity contribution in [2.45, 2.75) is 59.1 Å². The van der Waals surface area contributed by atoms with E-state index in [0.717, 1.165) is 18.4 Å². The molecular formula is C18H28FNO. The zero-order valence-electron chi connectivity index (χ0n) is 13.6. The number of rotatable bonds is 4. The molecule has 2 rings (SSSR count). The summed E-state index contributed by atoms with van der Waals surface area (Å²) in [4.78, 5) is 0. The molecule has 0 spiro atoms. The van der Waals surface area contributed by atoms with Crippen LogP contribution in [0.25, 0.3) is 0 Å². The van der Waals surface area contributed by atoms with Crippen molar-refractivity contribution in [3.8, 4) is 0 Å². The SMILES string of the molecule is CC1(C)CC(NCC(O)c2ccc(F)cc2)CC(C)(C)C1. The van der Waals surface area contributed by atoms with E-state index in [9.17, 15) is 9.50 Å². The van der Waals surface area contributed by atoms with Crippen LogP contribution in [0.5, 0.6) is 0 Å². The fourth-order valence-electron chi connectivity index (χ4n) is 4.07. The smallest absolute Gasteiger partial charge is 0.123 e. The van der Waals surface area contributed by atoms with Crippen molar-refractivity contribution >= 4 is 0 Å². The van der Waals surface area contributed by atoms with E-state index in [1.54, 1.807) is 12.1 Å². The second-order valence-corrected chi connectivity index (χ2v) is 8.09. The van der Waals surface area contributed by atoms with Crippen LogP contribution < -0.4 is 5.32 Å². The molecule has 0 radical (unpaired) electrons. The predicted octanol–water partition coefficient (Wildman–Crippen LogP) is 4.05. The first-order chi connectivity index (χ1) is 9.67. The van der Waals surface area contributed by atoms with E-state index in [4.69, 9.17) is 0 Å². The Labute approximate surface area is 127 Å². The van der Waals surface area contributed by atoms with Crippen molar-refractivity contribution in [3.05, 3.63) is 35.6 Å². The fraction of sp³-hybridized carbons (Fsp3) is 0.667. The summed E-state index contributed by atoms with van der Waals surface area (Å²) in [6, 6.07) is 6.52. The first-order valence-electron chi connectivity index (χ1n) is 7.84. The lowest BCUT2D eigenvalue weighted by Gasteiger charge is -2.45.